The van der Waals surface area contributed by atoms with Gasteiger partial charge in [-0.1, -0.05) is 30.3 Å². The van der Waals surface area contributed by atoms with Gasteiger partial charge in [-0.25, -0.2) is 9.78 Å². The molecule has 1 aliphatic rings. The zero-order valence-electron chi connectivity index (χ0n) is 13.6. The number of amides is 1. The van der Waals surface area contributed by atoms with Crippen LogP contribution in [0.1, 0.15) is 38.9 Å². The van der Waals surface area contributed by atoms with Crippen molar-refractivity contribution in [2.75, 3.05) is 26.3 Å². The molecule has 0 aromatic heterocycles. The Morgan fingerprint density at radius 3 is 2.45 bits per heavy atom. The summed E-state index contributed by atoms with van der Waals surface area (Å²) in [6.45, 7) is 8.22. The predicted molar refractivity (Wildman–Crippen MR) is 83.1 cm³/mol. The lowest BCUT2D eigenvalue weighted by molar-refractivity contribution is -0.375. The fraction of sp³-hybridized carbons (Fsp3) is 0.588. The Kier molecular flexibility index (Phi) is 5.94. The lowest BCUT2D eigenvalue weighted by atomic mass is 10.1. The smallest absolute Gasteiger partial charge is 0.225 e. The lowest BCUT2D eigenvalue weighted by Gasteiger charge is -2.29. The summed E-state index contributed by atoms with van der Waals surface area (Å²) in [4.78, 5) is 25.3. The molecule has 0 saturated carbocycles. The van der Waals surface area contributed by atoms with E-state index in [0.29, 0.717) is 26.3 Å². The Labute approximate surface area is 132 Å². The van der Waals surface area contributed by atoms with Crippen molar-refractivity contribution in [3.05, 3.63) is 35.9 Å². The van der Waals surface area contributed by atoms with E-state index in [2.05, 4.69) is 0 Å². The molecule has 5 heteroatoms. The molecule has 122 valence electrons. The summed E-state index contributed by atoms with van der Waals surface area (Å²) in [6, 6.07) is 9.70. The maximum Gasteiger partial charge on any atom is 0.225 e. The van der Waals surface area contributed by atoms with E-state index in [4.69, 9.17) is 14.5 Å². The Morgan fingerprint density at radius 2 is 1.86 bits per heavy atom. The fourth-order valence-corrected chi connectivity index (χ4v) is 2.18. The van der Waals surface area contributed by atoms with Crippen molar-refractivity contribution in [2.45, 2.75) is 38.9 Å². The quantitative estimate of drug-likeness (QED) is 0.620. The minimum atomic E-state index is -0.422. The number of carbonyl (C=O) groups excluding carboxylic acids is 1. The molecule has 1 saturated heterocycles. The van der Waals surface area contributed by atoms with Gasteiger partial charge in [-0.3, -0.25) is 4.79 Å². The van der Waals surface area contributed by atoms with Crippen molar-refractivity contribution in [2.24, 2.45) is 0 Å². The van der Waals surface area contributed by atoms with Crippen molar-refractivity contribution >= 4 is 5.91 Å². The van der Waals surface area contributed by atoms with Gasteiger partial charge in [-0.2, -0.15) is 0 Å². The molecule has 0 radical (unpaired) electrons. The molecule has 5 nitrogen and oxygen atoms in total. The summed E-state index contributed by atoms with van der Waals surface area (Å²) in [6.07, 6.45) is -0.143. The lowest BCUT2D eigenvalue weighted by Crippen LogP contribution is -2.41. The van der Waals surface area contributed by atoms with E-state index in [1.54, 1.807) is 0 Å². The van der Waals surface area contributed by atoms with Crippen LogP contribution in [0.5, 0.6) is 0 Å². The predicted octanol–water partition coefficient (Wildman–Crippen LogP) is 2.72. The maximum atomic E-state index is 12.4. The molecule has 0 spiro atoms. The molecule has 1 atom stereocenters. The highest BCUT2D eigenvalue weighted by atomic mass is 17.2. The van der Waals surface area contributed by atoms with Crippen LogP contribution in [0.25, 0.3) is 0 Å². The zero-order chi connectivity index (χ0) is 16.0. The highest BCUT2D eigenvalue weighted by Gasteiger charge is 2.25. The summed E-state index contributed by atoms with van der Waals surface area (Å²) in [5, 5.41) is 0. The maximum absolute atomic E-state index is 12.4. The Hall–Kier alpha value is -1.43. The van der Waals surface area contributed by atoms with E-state index < -0.39 is 11.7 Å². The van der Waals surface area contributed by atoms with Gasteiger partial charge in [0.2, 0.25) is 5.91 Å². The highest BCUT2D eigenvalue weighted by Crippen LogP contribution is 2.25. The van der Waals surface area contributed by atoms with Crippen molar-refractivity contribution in [1.82, 2.24) is 4.90 Å². The standard InChI is InChI=1S/C17H25NO4/c1-17(2,3)22-21-15(14-7-5-4-6-8-14)13-16(19)18-9-11-20-12-10-18/h4-8,15H,9-13H2,1-3H3. The van der Waals surface area contributed by atoms with Gasteiger partial charge in [0.15, 0.2) is 0 Å². The van der Waals surface area contributed by atoms with Gasteiger partial charge < -0.3 is 9.64 Å². The Bertz CT molecular complexity index is 463. The first-order valence-electron chi connectivity index (χ1n) is 7.71. The summed E-state index contributed by atoms with van der Waals surface area (Å²) in [5.74, 6) is 0.0645. The summed E-state index contributed by atoms with van der Waals surface area (Å²) in [5.41, 5.74) is 0.517. The van der Waals surface area contributed by atoms with Gasteiger partial charge in [-0.15, -0.1) is 0 Å². The highest BCUT2D eigenvalue weighted by molar-refractivity contribution is 5.77. The molecule has 0 aliphatic carbocycles. The average Bonchev–Trinajstić information content (AvgIpc) is 2.52. The minimum absolute atomic E-state index is 0.0645. The molecule has 1 fully saturated rings. The average molecular weight is 307 g/mol. The number of rotatable bonds is 5. The van der Waals surface area contributed by atoms with E-state index in [9.17, 15) is 4.79 Å². The van der Waals surface area contributed by atoms with Crippen LogP contribution in [0, 0.1) is 0 Å². The number of hydrogen-bond donors (Lipinski definition) is 0. The SMILES string of the molecule is CC(C)(C)OOC(CC(=O)N1CCOCC1)c1ccccc1. The fourth-order valence-electron chi connectivity index (χ4n) is 2.18. The van der Waals surface area contributed by atoms with E-state index >= 15 is 0 Å². The number of benzene rings is 1. The van der Waals surface area contributed by atoms with Gasteiger partial charge in [0, 0.05) is 13.1 Å². The molecule has 2 rings (SSSR count). The van der Waals surface area contributed by atoms with Crippen molar-refractivity contribution in [3.8, 4) is 0 Å². The van der Waals surface area contributed by atoms with Crippen LogP contribution >= 0.6 is 0 Å². The van der Waals surface area contributed by atoms with Gasteiger partial charge in [0.25, 0.3) is 0 Å². The summed E-state index contributed by atoms with van der Waals surface area (Å²) in [7, 11) is 0. The summed E-state index contributed by atoms with van der Waals surface area (Å²) < 4.78 is 5.28. The number of ether oxygens (including phenoxy) is 1. The largest absolute Gasteiger partial charge is 0.378 e. The molecule has 1 amide bonds. The third-order valence-corrected chi connectivity index (χ3v) is 3.31. The van der Waals surface area contributed by atoms with Crippen LogP contribution in [-0.2, 0) is 19.3 Å². The van der Waals surface area contributed by atoms with Crippen molar-refractivity contribution in [1.29, 1.82) is 0 Å². The van der Waals surface area contributed by atoms with Crippen LogP contribution < -0.4 is 0 Å². The normalized spacial score (nSPS) is 17.3. The van der Waals surface area contributed by atoms with Crippen molar-refractivity contribution in [3.63, 3.8) is 0 Å². The molecular weight excluding hydrogens is 282 g/mol. The monoisotopic (exact) mass is 307 g/mol. The Balaban J connectivity index is 2.02. The molecule has 1 aliphatic heterocycles. The molecule has 1 aromatic rings. The third kappa shape index (κ3) is 5.40. The number of morpholine rings is 1. The van der Waals surface area contributed by atoms with E-state index in [1.807, 2.05) is 56.0 Å². The second kappa shape index (κ2) is 7.72. The molecule has 0 bridgehead atoms. The van der Waals surface area contributed by atoms with Gasteiger partial charge in [-0.05, 0) is 26.3 Å². The molecular formula is C17H25NO4. The number of hydrogen-bond acceptors (Lipinski definition) is 4. The van der Waals surface area contributed by atoms with E-state index in [1.165, 1.54) is 0 Å². The third-order valence-electron chi connectivity index (χ3n) is 3.31. The van der Waals surface area contributed by atoms with Crippen LogP contribution in [0.15, 0.2) is 30.3 Å². The number of carbonyl (C=O) groups is 1. The van der Waals surface area contributed by atoms with E-state index in [0.717, 1.165) is 5.56 Å². The van der Waals surface area contributed by atoms with Gasteiger partial charge in [0.05, 0.1) is 25.2 Å². The Morgan fingerprint density at radius 1 is 1.23 bits per heavy atom. The van der Waals surface area contributed by atoms with Crippen LogP contribution in [0.3, 0.4) is 0 Å². The second-order valence-corrected chi connectivity index (χ2v) is 6.39. The summed E-state index contributed by atoms with van der Waals surface area (Å²) >= 11 is 0. The van der Waals surface area contributed by atoms with Gasteiger partial charge in [0.1, 0.15) is 6.10 Å². The van der Waals surface area contributed by atoms with Crippen LogP contribution in [0.2, 0.25) is 0 Å². The van der Waals surface area contributed by atoms with Crippen LogP contribution in [-0.4, -0.2) is 42.7 Å². The second-order valence-electron chi connectivity index (χ2n) is 6.39. The first kappa shape index (κ1) is 16.9. The molecule has 1 heterocycles. The first-order chi connectivity index (χ1) is 10.5. The molecule has 1 aromatic carbocycles. The van der Waals surface area contributed by atoms with Gasteiger partial charge >= 0.3 is 0 Å². The van der Waals surface area contributed by atoms with Crippen LogP contribution in [0.4, 0.5) is 0 Å². The number of nitrogens with zero attached hydrogens (tertiary/aromatic N) is 1. The van der Waals surface area contributed by atoms with Crippen molar-refractivity contribution < 1.29 is 19.3 Å². The zero-order valence-corrected chi connectivity index (χ0v) is 13.6. The molecule has 22 heavy (non-hydrogen) atoms. The molecule has 0 N–H and O–H groups in total. The van der Waals surface area contributed by atoms with E-state index in [-0.39, 0.29) is 12.3 Å². The minimum Gasteiger partial charge on any atom is -0.378 e. The first-order valence-corrected chi connectivity index (χ1v) is 7.71. The molecule has 1 unspecified atom stereocenters. The topological polar surface area (TPSA) is 48.0 Å².